The Morgan fingerprint density at radius 1 is 1.28 bits per heavy atom. The number of nitro groups is 1. The fourth-order valence-electron chi connectivity index (χ4n) is 2.58. The summed E-state index contributed by atoms with van der Waals surface area (Å²) in [6.07, 6.45) is 1.63. The van der Waals surface area contributed by atoms with Crippen LogP contribution in [0, 0.1) is 10.1 Å². The molecule has 2 rings (SSSR count). The number of likely N-dealkylation sites (N-methyl/N-ethyl adjacent to an activating group) is 1. The Morgan fingerprint density at radius 3 is 2.48 bits per heavy atom. The van der Waals surface area contributed by atoms with Crippen molar-refractivity contribution in [3.63, 3.8) is 0 Å². The molecule has 0 aliphatic carbocycles. The second-order valence-corrected chi connectivity index (χ2v) is 5.72. The summed E-state index contributed by atoms with van der Waals surface area (Å²) in [7, 11) is 6.85. The molecule has 1 N–H and O–H groups in total. The number of methoxy groups -OCH3 is 2. The molecule has 2 aromatic rings. The van der Waals surface area contributed by atoms with Gasteiger partial charge >= 0.3 is 0 Å². The van der Waals surface area contributed by atoms with Crippen molar-refractivity contribution in [3.8, 4) is 11.5 Å². The predicted molar refractivity (Wildman–Crippen MR) is 93.0 cm³/mol. The molecule has 0 aliphatic heterocycles. The van der Waals surface area contributed by atoms with Crippen LogP contribution in [0.5, 0.6) is 11.5 Å². The molecule has 0 spiro atoms. The second kappa shape index (κ2) is 8.50. The molecule has 0 saturated heterocycles. The van der Waals surface area contributed by atoms with E-state index in [-0.39, 0.29) is 11.7 Å². The Kier molecular flexibility index (Phi) is 6.37. The number of nitrogens with zero attached hydrogens (tertiary/aromatic N) is 2. The number of nitrogens with one attached hydrogen (secondary N) is 1. The van der Waals surface area contributed by atoms with Gasteiger partial charge in [0, 0.05) is 18.7 Å². The van der Waals surface area contributed by atoms with Crippen LogP contribution >= 0.6 is 0 Å². The van der Waals surface area contributed by atoms with Crippen LogP contribution < -0.4 is 14.8 Å². The molecule has 25 heavy (non-hydrogen) atoms. The molecular formula is C17H23N3O5. The van der Waals surface area contributed by atoms with Crippen molar-refractivity contribution in [1.82, 2.24) is 10.2 Å². The van der Waals surface area contributed by atoms with Crippen LogP contribution in [-0.2, 0) is 6.54 Å². The summed E-state index contributed by atoms with van der Waals surface area (Å²) in [5.74, 6) is 1.62. The first-order valence-electron chi connectivity index (χ1n) is 7.77. The van der Waals surface area contributed by atoms with Crippen LogP contribution in [0.15, 0.2) is 34.9 Å². The minimum Gasteiger partial charge on any atom is -0.493 e. The first-order valence-corrected chi connectivity index (χ1v) is 7.77. The van der Waals surface area contributed by atoms with Crippen LogP contribution in [-0.4, -0.2) is 44.7 Å². The standard InChI is InChI=1S/C17H23N3O5/c1-19(2)14(15-6-5-7-25-15)11-18-10-12-8-16(23-3)17(24-4)9-13(12)20(21)22/h5-9,14,18H,10-11H2,1-4H3. The monoisotopic (exact) mass is 349 g/mol. The Morgan fingerprint density at radius 2 is 1.96 bits per heavy atom. The third-order valence-electron chi connectivity index (χ3n) is 3.93. The van der Waals surface area contributed by atoms with Crippen molar-refractivity contribution in [2.75, 3.05) is 34.9 Å². The highest BCUT2D eigenvalue weighted by Gasteiger charge is 2.21. The topological polar surface area (TPSA) is 90.0 Å². The molecule has 0 bridgehead atoms. The number of rotatable bonds is 9. The summed E-state index contributed by atoms with van der Waals surface area (Å²) in [5.41, 5.74) is 0.518. The molecule has 8 heteroatoms. The zero-order valence-corrected chi connectivity index (χ0v) is 14.8. The largest absolute Gasteiger partial charge is 0.493 e. The second-order valence-electron chi connectivity index (χ2n) is 5.72. The van der Waals surface area contributed by atoms with E-state index in [1.165, 1.54) is 20.3 Å². The van der Waals surface area contributed by atoms with E-state index in [4.69, 9.17) is 13.9 Å². The number of hydrogen-bond acceptors (Lipinski definition) is 7. The highest BCUT2D eigenvalue weighted by Crippen LogP contribution is 2.34. The predicted octanol–water partition coefficient (Wildman–Crippen LogP) is 2.60. The lowest BCUT2D eigenvalue weighted by molar-refractivity contribution is -0.385. The Bertz CT molecular complexity index is 701. The third kappa shape index (κ3) is 4.49. The number of ether oxygens (including phenoxy) is 2. The molecule has 0 saturated carbocycles. The molecule has 1 aromatic carbocycles. The Labute approximate surface area is 146 Å². The van der Waals surface area contributed by atoms with Gasteiger partial charge in [-0.2, -0.15) is 0 Å². The Balaban J connectivity index is 2.15. The summed E-state index contributed by atoms with van der Waals surface area (Å²) in [5, 5.41) is 14.6. The maximum Gasteiger partial charge on any atom is 0.277 e. The summed E-state index contributed by atoms with van der Waals surface area (Å²) < 4.78 is 15.8. The van der Waals surface area contributed by atoms with Gasteiger partial charge in [-0.3, -0.25) is 15.0 Å². The average molecular weight is 349 g/mol. The lowest BCUT2D eigenvalue weighted by Gasteiger charge is -2.22. The molecule has 1 heterocycles. The minimum atomic E-state index is -0.422. The smallest absolute Gasteiger partial charge is 0.277 e. The molecule has 1 atom stereocenters. The van der Waals surface area contributed by atoms with Gasteiger partial charge in [-0.15, -0.1) is 0 Å². The van der Waals surface area contributed by atoms with Gasteiger partial charge in [-0.1, -0.05) is 0 Å². The number of hydrogen-bond donors (Lipinski definition) is 1. The summed E-state index contributed by atoms with van der Waals surface area (Å²) in [4.78, 5) is 12.9. The zero-order chi connectivity index (χ0) is 18.4. The van der Waals surface area contributed by atoms with E-state index >= 15 is 0 Å². The zero-order valence-electron chi connectivity index (χ0n) is 14.8. The van der Waals surface area contributed by atoms with Gasteiger partial charge in [0.15, 0.2) is 11.5 Å². The lowest BCUT2D eigenvalue weighted by Crippen LogP contribution is -2.30. The lowest BCUT2D eigenvalue weighted by atomic mass is 10.1. The third-order valence-corrected chi connectivity index (χ3v) is 3.93. The van der Waals surface area contributed by atoms with Gasteiger partial charge in [0.1, 0.15) is 5.76 Å². The molecule has 136 valence electrons. The summed E-state index contributed by atoms with van der Waals surface area (Å²) in [6.45, 7) is 0.897. The summed E-state index contributed by atoms with van der Waals surface area (Å²) in [6, 6.07) is 6.78. The quantitative estimate of drug-likeness (QED) is 0.550. The number of benzene rings is 1. The number of furan rings is 1. The van der Waals surface area contributed by atoms with Gasteiger partial charge in [0.25, 0.3) is 5.69 Å². The van der Waals surface area contributed by atoms with Crippen molar-refractivity contribution in [1.29, 1.82) is 0 Å². The van der Waals surface area contributed by atoms with E-state index in [1.807, 2.05) is 31.1 Å². The summed E-state index contributed by atoms with van der Waals surface area (Å²) >= 11 is 0. The molecule has 1 aromatic heterocycles. The number of nitro benzene ring substituents is 1. The van der Waals surface area contributed by atoms with Crippen molar-refractivity contribution < 1.29 is 18.8 Å². The minimum absolute atomic E-state index is 0.00967. The van der Waals surface area contributed by atoms with E-state index in [2.05, 4.69) is 5.32 Å². The fraction of sp³-hybridized carbons (Fsp3) is 0.412. The van der Waals surface area contributed by atoms with Crippen LogP contribution in [0.1, 0.15) is 17.4 Å². The molecule has 0 radical (unpaired) electrons. The van der Waals surface area contributed by atoms with Crippen molar-refractivity contribution in [3.05, 3.63) is 52.0 Å². The first-order chi connectivity index (χ1) is 12.0. The molecule has 0 fully saturated rings. The van der Waals surface area contributed by atoms with Gasteiger partial charge in [-0.05, 0) is 32.3 Å². The molecule has 8 nitrogen and oxygen atoms in total. The SMILES string of the molecule is COc1cc(CNCC(c2ccco2)N(C)C)c([N+](=O)[O-])cc1OC. The van der Waals surface area contributed by atoms with Gasteiger partial charge in [-0.25, -0.2) is 0 Å². The van der Waals surface area contributed by atoms with Crippen molar-refractivity contribution >= 4 is 5.69 Å². The fourth-order valence-corrected chi connectivity index (χ4v) is 2.58. The van der Waals surface area contributed by atoms with E-state index < -0.39 is 4.92 Å². The molecular weight excluding hydrogens is 326 g/mol. The maximum absolute atomic E-state index is 11.3. The first kappa shape index (κ1) is 18.8. The van der Waals surface area contributed by atoms with Gasteiger partial charge in [0.05, 0.1) is 37.5 Å². The maximum atomic E-state index is 11.3. The van der Waals surface area contributed by atoms with Crippen LogP contribution in [0.3, 0.4) is 0 Å². The van der Waals surface area contributed by atoms with Crippen LogP contribution in [0.4, 0.5) is 5.69 Å². The van der Waals surface area contributed by atoms with E-state index in [0.717, 1.165) is 5.76 Å². The average Bonchev–Trinajstić information content (AvgIpc) is 3.11. The molecule has 0 amide bonds. The van der Waals surface area contributed by atoms with Crippen molar-refractivity contribution in [2.24, 2.45) is 0 Å². The van der Waals surface area contributed by atoms with Crippen LogP contribution in [0.2, 0.25) is 0 Å². The van der Waals surface area contributed by atoms with E-state index in [1.54, 1.807) is 12.3 Å². The van der Waals surface area contributed by atoms with Gasteiger partial charge < -0.3 is 19.2 Å². The Hall–Kier alpha value is -2.58. The van der Waals surface area contributed by atoms with Gasteiger partial charge in [0.2, 0.25) is 0 Å². The van der Waals surface area contributed by atoms with E-state index in [9.17, 15) is 10.1 Å². The highest BCUT2D eigenvalue weighted by molar-refractivity contribution is 5.54. The van der Waals surface area contributed by atoms with Crippen molar-refractivity contribution in [2.45, 2.75) is 12.6 Å². The highest BCUT2D eigenvalue weighted by atomic mass is 16.6. The molecule has 0 aliphatic rings. The van der Waals surface area contributed by atoms with E-state index in [0.29, 0.717) is 30.2 Å². The van der Waals surface area contributed by atoms with Crippen LogP contribution in [0.25, 0.3) is 0 Å². The molecule has 1 unspecified atom stereocenters. The normalized spacial score (nSPS) is 12.2.